The van der Waals surface area contributed by atoms with Crippen LogP contribution in [0, 0.1) is 0 Å². The van der Waals surface area contributed by atoms with Crippen LogP contribution in [0.25, 0.3) is 0 Å². The van der Waals surface area contributed by atoms with Crippen LogP contribution >= 0.6 is 0 Å². The van der Waals surface area contributed by atoms with Gasteiger partial charge < -0.3 is 16.0 Å². The maximum absolute atomic E-state index is 12.2. The average molecular weight is 275 g/mol. The number of piperidine rings is 1. The summed E-state index contributed by atoms with van der Waals surface area (Å²) in [6.07, 6.45) is 3.29. The van der Waals surface area contributed by atoms with Crippen LogP contribution in [-0.4, -0.2) is 36.5 Å². The van der Waals surface area contributed by atoms with Crippen molar-refractivity contribution in [1.29, 1.82) is 0 Å². The Morgan fingerprint density at radius 2 is 2.15 bits per heavy atom. The van der Waals surface area contributed by atoms with Crippen molar-refractivity contribution in [2.45, 2.75) is 38.8 Å². The van der Waals surface area contributed by atoms with Gasteiger partial charge in [0.25, 0.3) is 5.91 Å². The molecule has 1 fully saturated rings. The van der Waals surface area contributed by atoms with E-state index in [-0.39, 0.29) is 5.91 Å². The van der Waals surface area contributed by atoms with Gasteiger partial charge in [-0.05, 0) is 43.5 Å². The maximum atomic E-state index is 12.2. The number of amides is 1. The number of hydrogen-bond donors (Lipinski definition) is 2. The predicted octanol–water partition coefficient (Wildman–Crippen LogP) is 1.75. The number of nitrogens with one attached hydrogen (secondary N) is 1. The summed E-state index contributed by atoms with van der Waals surface area (Å²) in [6, 6.07) is 7.86. The molecule has 0 saturated carbocycles. The summed E-state index contributed by atoms with van der Waals surface area (Å²) in [6.45, 7) is 6.01. The SMILES string of the molecule is CCCN1CCC(NC(=O)c2cccc(CN)c2)CC1. The van der Waals surface area contributed by atoms with Gasteiger partial charge in [0.2, 0.25) is 0 Å². The minimum Gasteiger partial charge on any atom is -0.349 e. The molecular formula is C16H25N3O. The topological polar surface area (TPSA) is 58.4 Å². The van der Waals surface area contributed by atoms with Crippen molar-refractivity contribution in [2.24, 2.45) is 5.73 Å². The minimum atomic E-state index is 0.0224. The van der Waals surface area contributed by atoms with Crippen LogP contribution in [0.3, 0.4) is 0 Å². The molecule has 2 rings (SSSR count). The van der Waals surface area contributed by atoms with Gasteiger partial charge in [-0.25, -0.2) is 0 Å². The van der Waals surface area contributed by atoms with Gasteiger partial charge in [-0.1, -0.05) is 19.1 Å². The van der Waals surface area contributed by atoms with Crippen LogP contribution in [-0.2, 0) is 6.54 Å². The van der Waals surface area contributed by atoms with E-state index in [1.54, 1.807) is 0 Å². The first kappa shape index (κ1) is 15.0. The first-order chi connectivity index (χ1) is 9.72. The molecule has 1 aliphatic heterocycles. The van der Waals surface area contributed by atoms with Crippen molar-refractivity contribution < 1.29 is 4.79 Å². The number of benzene rings is 1. The molecule has 20 heavy (non-hydrogen) atoms. The highest BCUT2D eigenvalue weighted by atomic mass is 16.1. The zero-order valence-electron chi connectivity index (χ0n) is 12.3. The van der Waals surface area contributed by atoms with Crippen molar-refractivity contribution in [3.63, 3.8) is 0 Å². The Kier molecular flexibility index (Phi) is 5.56. The van der Waals surface area contributed by atoms with E-state index < -0.39 is 0 Å². The highest BCUT2D eigenvalue weighted by Gasteiger charge is 2.20. The number of hydrogen-bond acceptors (Lipinski definition) is 3. The molecule has 0 bridgehead atoms. The van der Waals surface area contributed by atoms with Gasteiger partial charge in [0, 0.05) is 31.2 Å². The Labute approximate surface area is 121 Å². The molecule has 4 heteroatoms. The second-order valence-electron chi connectivity index (χ2n) is 5.49. The van der Waals surface area contributed by atoms with Gasteiger partial charge in [-0.2, -0.15) is 0 Å². The number of carbonyl (C=O) groups is 1. The van der Waals surface area contributed by atoms with Crippen molar-refractivity contribution in [3.8, 4) is 0 Å². The fraction of sp³-hybridized carbons (Fsp3) is 0.562. The van der Waals surface area contributed by atoms with Gasteiger partial charge >= 0.3 is 0 Å². The highest BCUT2D eigenvalue weighted by molar-refractivity contribution is 5.94. The summed E-state index contributed by atoms with van der Waals surface area (Å²) in [5.41, 5.74) is 7.32. The summed E-state index contributed by atoms with van der Waals surface area (Å²) >= 11 is 0. The van der Waals surface area contributed by atoms with Crippen LogP contribution in [0.4, 0.5) is 0 Å². The van der Waals surface area contributed by atoms with Crippen molar-refractivity contribution in [1.82, 2.24) is 10.2 Å². The van der Waals surface area contributed by atoms with Crippen molar-refractivity contribution in [2.75, 3.05) is 19.6 Å². The number of nitrogens with zero attached hydrogens (tertiary/aromatic N) is 1. The van der Waals surface area contributed by atoms with E-state index in [1.165, 1.54) is 13.0 Å². The van der Waals surface area contributed by atoms with E-state index in [9.17, 15) is 4.79 Å². The molecule has 1 aliphatic rings. The zero-order chi connectivity index (χ0) is 14.4. The third-order valence-electron chi connectivity index (χ3n) is 3.89. The van der Waals surface area contributed by atoms with E-state index >= 15 is 0 Å². The third-order valence-corrected chi connectivity index (χ3v) is 3.89. The predicted molar refractivity (Wildman–Crippen MR) is 81.6 cm³/mol. The average Bonchev–Trinajstić information content (AvgIpc) is 2.49. The third kappa shape index (κ3) is 4.05. The standard InChI is InChI=1S/C16H25N3O/c1-2-8-19-9-6-15(7-10-19)18-16(20)14-5-3-4-13(11-14)12-17/h3-5,11,15H,2,6-10,12,17H2,1H3,(H,18,20). The summed E-state index contributed by atoms with van der Waals surface area (Å²) in [5.74, 6) is 0.0224. The number of likely N-dealkylation sites (tertiary alicyclic amines) is 1. The molecule has 110 valence electrons. The quantitative estimate of drug-likeness (QED) is 0.860. The van der Waals surface area contributed by atoms with Gasteiger partial charge in [-0.15, -0.1) is 0 Å². The number of rotatable bonds is 5. The van der Waals surface area contributed by atoms with E-state index in [0.717, 1.165) is 31.5 Å². The molecule has 0 atom stereocenters. The Morgan fingerprint density at radius 1 is 1.40 bits per heavy atom. The van der Waals surface area contributed by atoms with Gasteiger partial charge in [-0.3, -0.25) is 4.79 Å². The maximum Gasteiger partial charge on any atom is 0.251 e. The fourth-order valence-corrected chi connectivity index (χ4v) is 2.73. The molecule has 1 aromatic rings. The molecule has 0 aromatic heterocycles. The van der Waals surface area contributed by atoms with E-state index in [2.05, 4.69) is 17.1 Å². The Morgan fingerprint density at radius 3 is 2.80 bits per heavy atom. The Balaban J connectivity index is 1.86. The normalized spacial score (nSPS) is 17.1. The second kappa shape index (κ2) is 7.41. The number of nitrogens with two attached hydrogens (primary N) is 1. The second-order valence-corrected chi connectivity index (χ2v) is 5.49. The molecular weight excluding hydrogens is 250 g/mol. The molecule has 0 radical (unpaired) electrons. The summed E-state index contributed by atoms with van der Waals surface area (Å²) < 4.78 is 0. The van der Waals surface area contributed by atoms with Crippen LogP contribution in [0.1, 0.15) is 42.1 Å². The molecule has 3 N–H and O–H groups in total. The summed E-state index contributed by atoms with van der Waals surface area (Å²) in [7, 11) is 0. The van der Waals surface area contributed by atoms with Crippen LogP contribution in [0.15, 0.2) is 24.3 Å². The summed E-state index contributed by atoms with van der Waals surface area (Å²) in [5, 5.41) is 3.14. The molecule has 1 saturated heterocycles. The molecule has 0 aliphatic carbocycles. The number of carbonyl (C=O) groups excluding carboxylic acids is 1. The van der Waals surface area contributed by atoms with Gasteiger partial charge in [0.1, 0.15) is 0 Å². The van der Waals surface area contributed by atoms with Crippen molar-refractivity contribution in [3.05, 3.63) is 35.4 Å². The Bertz CT molecular complexity index is 439. The van der Waals surface area contributed by atoms with Crippen LogP contribution < -0.4 is 11.1 Å². The van der Waals surface area contributed by atoms with Gasteiger partial charge in [0.05, 0.1) is 0 Å². The monoisotopic (exact) mass is 275 g/mol. The largest absolute Gasteiger partial charge is 0.349 e. The minimum absolute atomic E-state index is 0.0224. The molecule has 1 amide bonds. The Hall–Kier alpha value is -1.39. The fourth-order valence-electron chi connectivity index (χ4n) is 2.73. The van der Waals surface area contributed by atoms with E-state index in [4.69, 9.17) is 5.73 Å². The molecule has 1 aromatic carbocycles. The first-order valence-electron chi connectivity index (χ1n) is 7.55. The summed E-state index contributed by atoms with van der Waals surface area (Å²) in [4.78, 5) is 14.7. The lowest BCUT2D eigenvalue weighted by atomic mass is 10.0. The van der Waals surface area contributed by atoms with Gasteiger partial charge in [0.15, 0.2) is 0 Å². The lowest BCUT2D eigenvalue weighted by Crippen LogP contribution is -2.44. The lowest BCUT2D eigenvalue weighted by Gasteiger charge is -2.32. The lowest BCUT2D eigenvalue weighted by molar-refractivity contribution is 0.0911. The van der Waals surface area contributed by atoms with Crippen molar-refractivity contribution >= 4 is 5.91 Å². The van der Waals surface area contributed by atoms with E-state index in [1.807, 2.05) is 24.3 Å². The van der Waals surface area contributed by atoms with Crippen LogP contribution in [0.5, 0.6) is 0 Å². The van der Waals surface area contributed by atoms with Crippen LogP contribution in [0.2, 0.25) is 0 Å². The molecule has 0 spiro atoms. The van der Waals surface area contributed by atoms with E-state index in [0.29, 0.717) is 18.2 Å². The smallest absolute Gasteiger partial charge is 0.251 e. The zero-order valence-corrected chi connectivity index (χ0v) is 12.3. The highest BCUT2D eigenvalue weighted by Crippen LogP contribution is 2.12. The molecule has 1 heterocycles. The molecule has 0 unspecified atom stereocenters. The molecule has 4 nitrogen and oxygen atoms in total. The first-order valence-corrected chi connectivity index (χ1v) is 7.55.